The highest BCUT2D eigenvalue weighted by Crippen LogP contribution is 2.31. The molecule has 3 amide bonds. The second-order valence-corrected chi connectivity index (χ2v) is 6.32. The predicted octanol–water partition coefficient (Wildman–Crippen LogP) is 4.59. The van der Waals surface area contributed by atoms with Crippen molar-refractivity contribution in [3.8, 4) is 5.69 Å². The van der Waals surface area contributed by atoms with Gasteiger partial charge in [-0.25, -0.2) is 9.69 Å². The topological polar surface area (TPSA) is 54.3 Å². The van der Waals surface area contributed by atoms with Gasteiger partial charge in [-0.2, -0.15) is 13.2 Å². The molecule has 1 N–H and O–H groups in total. The summed E-state index contributed by atoms with van der Waals surface area (Å²) in [7, 11) is 0. The lowest BCUT2D eigenvalue weighted by molar-refractivity contribution is -0.137. The number of benzene rings is 2. The standard InChI is InChI=1S/C21H14F3N3O2/c22-21(23,24)14-6-4-9-16(12-14)26-11-5-10-17(26)13-18-19(28)27(20(29)25-18)15-7-2-1-3-8-15/h1-13H,(H,25,29). The fraction of sp³-hybridized carbons (Fsp3) is 0.0476. The minimum absolute atomic E-state index is 0.0331. The lowest BCUT2D eigenvalue weighted by atomic mass is 10.2. The molecule has 0 radical (unpaired) electrons. The van der Waals surface area contributed by atoms with Gasteiger partial charge in [0.15, 0.2) is 0 Å². The van der Waals surface area contributed by atoms with E-state index in [-0.39, 0.29) is 11.4 Å². The fourth-order valence-corrected chi connectivity index (χ4v) is 3.07. The van der Waals surface area contributed by atoms with E-state index >= 15 is 0 Å². The molecule has 2 heterocycles. The molecule has 3 aromatic rings. The number of carbonyl (C=O) groups excluding carboxylic acids is 2. The molecule has 2 aromatic carbocycles. The first-order chi connectivity index (χ1) is 13.8. The maximum Gasteiger partial charge on any atom is 0.416 e. The van der Waals surface area contributed by atoms with Crippen LogP contribution in [0.2, 0.25) is 0 Å². The second kappa shape index (κ2) is 6.97. The number of carbonyl (C=O) groups is 2. The minimum Gasteiger partial charge on any atom is -0.317 e. The Morgan fingerprint density at radius 1 is 0.862 bits per heavy atom. The third-order valence-electron chi connectivity index (χ3n) is 4.42. The molecule has 0 spiro atoms. The molecule has 1 aliphatic rings. The molecule has 1 fully saturated rings. The summed E-state index contributed by atoms with van der Waals surface area (Å²) in [5.41, 5.74) is 0.413. The van der Waals surface area contributed by atoms with Crippen molar-refractivity contribution in [1.82, 2.24) is 9.88 Å². The number of imide groups is 1. The molecule has 5 nitrogen and oxygen atoms in total. The largest absolute Gasteiger partial charge is 0.416 e. The smallest absolute Gasteiger partial charge is 0.317 e. The van der Waals surface area contributed by atoms with Gasteiger partial charge in [0, 0.05) is 17.6 Å². The zero-order valence-corrected chi connectivity index (χ0v) is 14.9. The molecule has 0 unspecified atom stereocenters. The van der Waals surface area contributed by atoms with Gasteiger partial charge in [0.1, 0.15) is 5.70 Å². The zero-order valence-electron chi connectivity index (χ0n) is 14.9. The van der Waals surface area contributed by atoms with Gasteiger partial charge in [-0.1, -0.05) is 24.3 Å². The zero-order chi connectivity index (χ0) is 20.6. The molecule has 0 bridgehead atoms. The van der Waals surface area contributed by atoms with Crippen molar-refractivity contribution >= 4 is 23.7 Å². The van der Waals surface area contributed by atoms with Crippen LogP contribution >= 0.6 is 0 Å². The van der Waals surface area contributed by atoms with E-state index in [1.54, 1.807) is 48.7 Å². The third-order valence-corrected chi connectivity index (χ3v) is 4.42. The highest BCUT2D eigenvalue weighted by atomic mass is 19.4. The molecular formula is C21H14F3N3O2. The Morgan fingerprint density at radius 3 is 2.31 bits per heavy atom. The van der Waals surface area contributed by atoms with E-state index in [1.807, 2.05) is 0 Å². The Bertz CT molecular complexity index is 1120. The van der Waals surface area contributed by atoms with Gasteiger partial charge in [0.05, 0.1) is 11.3 Å². The molecule has 1 saturated heterocycles. The summed E-state index contributed by atoms with van der Waals surface area (Å²) in [4.78, 5) is 26.0. The van der Waals surface area contributed by atoms with Crippen molar-refractivity contribution in [1.29, 1.82) is 0 Å². The first-order valence-corrected chi connectivity index (χ1v) is 8.62. The number of hydrogen-bond donors (Lipinski definition) is 1. The number of anilines is 1. The Labute approximate surface area is 163 Å². The van der Waals surface area contributed by atoms with E-state index in [0.29, 0.717) is 11.4 Å². The van der Waals surface area contributed by atoms with Gasteiger partial charge < -0.3 is 9.88 Å². The van der Waals surface area contributed by atoms with E-state index in [9.17, 15) is 22.8 Å². The predicted molar refractivity (Wildman–Crippen MR) is 101 cm³/mol. The number of amides is 3. The number of rotatable bonds is 3. The highest BCUT2D eigenvalue weighted by Gasteiger charge is 2.35. The number of hydrogen-bond acceptors (Lipinski definition) is 2. The third kappa shape index (κ3) is 3.52. The van der Waals surface area contributed by atoms with Gasteiger partial charge in [-0.05, 0) is 48.5 Å². The highest BCUT2D eigenvalue weighted by molar-refractivity contribution is 6.28. The summed E-state index contributed by atoms with van der Waals surface area (Å²) in [5, 5.41) is 2.51. The molecule has 8 heteroatoms. The summed E-state index contributed by atoms with van der Waals surface area (Å²) >= 11 is 0. The molecular weight excluding hydrogens is 383 g/mol. The van der Waals surface area contributed by atoms with Gasteiger partial charge >= 0.3 is 12.2 Å². The maximum absolute atomic E-state index is 13.0. The Hall–Kier alpha value is -3.81. The van der Waals surface area contributed by atoms with Gasteiger partial charge in [-0.3, -0.25) is 4.79 Å². The van der Waals surface area contributed by atoms with E-state index in [4.69, 9.17) is 0 Å². The number of halogens is 3. The Morgan fingerprint density at radius 2 is 1.59 bits per heavy atom. The maximum atomic E-state index is 13.0. The summed E-state index contributed by atoms with van der Waals surface area (Å²) < 4.78 is 40.6. The first-order valence-electron chi connectivity index (χ1n) is 8.62. The van der Waals surface area contributed by atoms with Crippen LogP contribution in [0.4, 0.5) is 23.7 Å². The van der Waals surface area contributed by atoms with Crippen LogP contribution in [0.25, 0.3) is 11.8 Å². The van der Waals surface area contributed by atoms with Crippen molar-refractivity contribution in [2.24, 2.45) is 0 Å². The second-order valence-electron chi connectivity index (χ2n) is 6.32. The van der Waals surface area contributed by atoms with Crippen LogP contribution in [0.15, 0.2) is 78.6 Å². The van der Waals surface area contributed by atoms with E-state index in [2.05, 4.69) is 5.32 Å². The van der Waals surface area contributed by atoms with Gasteiger partial charge in [-0.15, -0.1) is 0 Å². The molecule has 0 atom stereocenters. The normalized spacial score (nSPS) is 15.8. The summed E-state index contributed by atoms with van der Waals surface area (Å²) in [5.74, 6) is -0.544. The molecule has 0 saturated carbocycles. The van der Waals surface area contributed by atoms with Crippen LogP contribution in [-0.2, 0) is 11.0 Å². The van der Waals surface area contributed by atoms with Crippen molar-refractivity contribution in [2.75, 3.05) is 4.90 Å². The van der Waals surface area contributed by atoms with Crippen LogP contribution in [-0.4, -0.2) is 16.5 Å². The van der Waals surface area contributed by atoms with Crippen LogP contribution < -0.4 is 10.2 Å². The quantitative estimate of drug-likeness (QED) is 0.519. The first kappa shape index (κ1) is 18.5. The van der Waals surface area contributed by atoms with Crippen LogP contribution in [0.5, 0.6) is 0 Å². The lowest BCUT2D eigenvalue weighted by Crippen LogP contribution is -2.30. The minimum atomic E-state index is -4.46. The number of para-hydroxylation sites is 1. The molecule has 4 rings (SSSR count). The van der Waals surface area contributed by atoms with Crippen molar-refractivity contribution < 1.29 is 22.8 Å². The average molecular weight is 397 g/mol. The van der Waals surface area contributed by atoms with Crippen LogP contribution in [0.1, 0.15) is 11.3 Å². The number of nitrogens with zero attached hydrogens (tertiary/aromatic N) is 2. The van der Waals surface area contributed by atoms with E-state index in [1.165, 1.54) is 22.8 Å². The van der Waals surface area contributed by atoms with E-state index in [0.717, 1.165) is 17.0 Å². The summed E-state index contributed by atoms with van der Waals surface area (Å²) in [6.45, 7) is 0. The molecule has 29 heavy (non-hydrogen) atoms. The van der Waals surface area contributed by atoms with Crippen LogP contribution in [0, 0.1) is 0 Å². The average Bonchev–Trinajstić information content (AvgIpc) is 3.26. The Balaban J connectivity index is 1.69. The van der Waals surface area contributed by atoms with Gasteiger partial charge in [0.2, 0.25) is 0 Å². The SMILES string of the molecule is O=C1NC(=Cc2cccn2-c2cccc(C(F)(F)F)c2)C(=O)N1c1ccccc1. The molecule has 146 valence electrons. The van der Waals surface area contributed by atoms with Crippen molar-refractivity contribution in [2.45, 2.75) is 6.18 Å². The monoisotopic (exact) mass is 397 g/mol. The summed E-state index contributed by atoms with van der Waals surface area (Å²) in [6, 6.07) is 16.0. The van der Waals surface area contributed by atoms with Crippen LogP contribution in [0.3, 0.4) is 0 Å². The molecule has 1 aromatic heterocycles. The lowest BCUT2D eigenvalue weighted by Gasteiger charge is -2.12. The van der Waals surface area contributed by atoms with Crippen molar-refractivity contribution in [3.05, 3.63) is 89.9 Å². The number of aromatic nitrogens is 1. The number of alkyl halides is 3. The summed E-state index contributed by atoms with van der Waals surface area (Å²) in [6.07, 6.45) is -1.45. The molecule has 1 aliphatic heterocycles. The van der Waals surface area contributed by atoms with E-state index < -0.39 is 23.7 Å². The number of urea groups is 1. The number of nitrogens with one attached hydrogen (secondary N) is 1. The molecule has 0 aliphatic carbocycles. The van der Waals surface area contributed by atoms with Crippen molar-refractivity contribution in [3.63, 3.8) is 0 Å². The fourth-order valence-electron chi connectivity index (χ4n) is 3.07. The van der Waals surface area contributed by atoms with Gasteiger partial charge in [0.25, 0.3) is 5.91 Å². The Kier molecular flexibility index (Phi) is 4.46.